The van der Waals surface area contributed by atoms with E-state index < -0.39 is 0 Å². The number of benzene rings is 1. The molecule has 0 amide bonds. The number of nitrogens with two attached hydrogens (primary N) is 1. The molecule has 2 nitrogen and oxygen atoms in total. The summed E-state index contributed by atoms with van der Waals surface area (Å²) in [4.78, 5) is 1.25. The first-order valence-electron chi connectivity index (χ1n) is 6.08. The molecule has 2 heterocycles. The van der Waals surface area contributed by atoms with Gasteiger partial charge in [-0.3, -0.25) is 0 Å². The molecule has 0 fully saturated rings. The third-order valence-electron chi connectivity index (χ3n) is 3.22. The minimum atomic E-state index is 0.621. The molecule has 0 radical (unpaired) electrons. The molecular weight excluding hydrogens is 242 g/mol. The van der Waals surface area contributed by atoms with Crippen LogP contribution in [0.15, 0.2) is 41.4 Å². The highest BCUT2D eigenvalue weighted by atomic mass is 32.1. The molecule has 1 aromatic heterocycles. The van der Waals surface area contributed by atoms with E-state index in [2.05, 4.69) is 24.4 Å². The minimum absolute atomic E-state index is 0.621. The first-order chi connectivity index (χ1) is 8.81. The van der Waals surface area contributed by atoms with Crippen LogP contribution in [0.5, 0.6) is 5.75 Å². The lowest BCUT2D eigenvalue weighted by Gasteiger charge is -2.11. The van der Waals surface area contributed by atoms with E-state index in [0.717, 1.165) is 29.0 Å². The molecule has 1 aliphatic rings. The Balaban J connectivity index is 2.30. The largest absolute Gasteiger partial charge is 0.488 e. The maximum absolute atomic E-state index is 6.24. The van der Waals surface area contributed by atoms with Crippen LogP contribution in [0.25, 0.3) is 5.57 Å². The summed E-state index contributed by atoms with van der Waals surface area (Å²) in [7, 11) is 0. The summed E-state index contributed by atoms with van der Waals surface area (Å²) in [6.07, 6.45) is 0.848. The molecule has 1 aromatic carbocycles. The van der Waals surface area contributed by atoms with Crippen molar-refractivity contribution in [1.82, 2.24) is 0 Å². The van der Waals surface area contributed by atoms with E-state index in [1.807, 2.05) is 18.2 Å². The number of allylic oxidation sites excluding steroid dienone is 1. The summed E-state index contributed by atoms with van der Waals surface area (Å²) in [5.74, 6) is 0.923. The molecule has 2 N–H and O–H groups in total. The van der Waals surface area contributed by atoms with Crippen molar-refractivity contribution in [2.45, 2.75) is 20.0 Å². The van der Waals surface area contributed by atoms with Crippen LogP contribution >= 0.6 is 11.3 Å². The number of thiophene rings is 1. The molecule has 0 saturated carbocycles. The van der Waals surface area contributed by atoms with Crippen LogP contribution in [0.3, 0.4) is 0 Å². The van der Waals surface area contributed by atoms with Gasteiger partial charge in [0.25, 0.3) is 0 Å². The van der Waals surface area contributed by atoms with Crippen molar-refractivity contribution in [3.63, 3.8) is 0 Å². The quantitative estimate of drug-likeness (QED) is 0.844. The standard InChI is InChI=1S/C15H15NOS/c1-2-12(16)14-11-5-3-4-6-13(11)17-9-10-7-8-18-15(10)14/h3-8H,2,9,16H2,1H3/b14-12+. The Morgan fingerprint density at radius 2 is 2.17 bits per heavy atom. The Bertz CT molecular complexity index is 612. The molecule has 3 rings (SSSR count). The zero-order valence-electron chi connectivity index (χ0n) is 10.3. The number of fused-ring (bicyclic) bond motifs is 2. The molecule has 92 valence electrons. The number of rotatable bonds is 1. The Hall–Kier alpha value is -1.74. The lowest BCUT2D eigenvalue weighted by Crippen LogP contribution is -2.01. The molecular formula is C15H15NOS. The fourth-order valence-electron chi connectivity index (χ4n) is 2.24. The average molecular weight is 257 g/mol. The van der Waals surface area contributed by atoms with Crippen molar-refractivity contribution in [2.75, 3.05) is 0 Å². The Morgan fingerprint density at radius 1 is 1.33 bits per heavy atom. The summed E-state index contributed by atoms with van der Waals surface area (Å²) >= 11 is 1.74. The maximum atomic E-state index is 6.24. The van der Waals surface area contributed by atoms with E-state index in [9.17, 15) is 0 Å². The number of para-hydroxylation sites is 1. The van der Waals surface area contributed by atoms with Gasteiger partial charge in [-0.25, -0.2) is 0 Å². The van der Waals surface area contributed by atoms with Gasteiger partial charge in [0, 0.05) is 27.3 Å². The molecule has 0 bridgehead atoms. The van der Waals surface area contributed by atoms with Gasteiger partial charge in [-0.15, -0.1) is 11.3 Å². The SMILES string of the molecule is CC/C(N)=C1/c2ccccc2OCc2ccsc21. The predicted molar refractivity (Wildman–Crippen MR) is 75.6 cm³/mol. The van der Waals surface area contributed by atoms with Gasteiger partial charge in [-0.05, 0) is 23.9 Å². The summed E-state index contributed by atoms with van der Waals surface area (Å²) in [6.45, 7) is 2.71. The van der Waals surface area contributed by atoms with E-state index in [-0.39, 0.29) is 0 Å². The Kier molecular flexibility index (Phi) is 2.84. The molecule has 18 heavy (non-hydrogen) atoms. The normalized spacial score (nSPS) is 16.3. The van der Waals surface area contributed by atoms with Crippen LogP contribution in [0.4, 0.5) is 0 Å². The zero-order chi connectivity index (χ0) is 12.5. The van der Waals surface area contributed by atoms with E-state index >= 15 is 0 Å². The number of ether oxygens (including phenoxy) is 1. The minimum Gasteiger partial charge on any atom is -0.488 e. The lowest BCUT2D eigenvalue weighted by molar-refractivity contribution is 0.307. The average Bonchev–Trinajstić information content (AvgIpc) is 2.80. The summed E-state index contributed by atoms with van der Waals surface area (Å²) in [5, 5.41) is 2.10. The van der Waals surface area contributed by atoms with Crippen molar-refractivity contribution in [1.29, 1.82) is 0 Å². The molecule has 0 spiro atoms. The van der Waals surface area contributed by atoms with Gasteiger partial charge in [-0.1, -0.05) is 25.1 Å². The van der Waals surface area contributed by atoms with Gasteiger partial charge in [0.15, 0.2) is 0 Å². The lowest BCUT2D eigenvalue weighted by atomic mass is 9.99. The summed E-state index contributed by atoms with van der Waals surface area (Å²) in [6, 6.07) is 10.2. The molecule has 2 aromatic rings. The van der Waals surface area contributed by atoms with Crippen LogP contribution in [0, 0.1) is 0 Å². The zero-order valence-corrected chi connectivity index (χ0v) is 11.1. The van der Waals surface area contributed by atoms with Gasteiger partial charge >= 0.3 is 0 Å². The van der Waals surface area contributed by atoms with Crippen molar-refractivity contribution in [3.8, 4) is 5.75 Å². The number of hydrogen-bond acceptors (Lipinski definition) is 3. The second-order valence-electron chi connectivity index (χ2n) is 4.31. The fraction of sp³-hybridized carbons (Fsp3) is 0.200. The van der Waals surface area contributed by atoms with Crippen LogP contribution in [-0.4, -0.2) is 0 Å². The van der Waals surface area contributed by atoms with Crippen molar-refractivity contribution in [2.24, 2.45) is 5.73 Å². The van der Waals surface area contributed by atoms with Crippen LogP contribution in [-0.2, 0) is 6.61 Å². The first kappa shape index (κ1) is 11.4. The first-order valence-corrected chi connectivity index (χ1v) is 6.96. The second kappa shape index (κ2) is 4.50. The van der Waals surface area contributed by atoms with Crippen molar-refractivity contribution < 1.29 is 4.74 Å². The third-order valence-corrected chi connectivity index (χ3v) is 4.19. The van der Waals surface area contributed by atoms with E-state index in [0.29, 0.717) is 6.61 Å². The predicted octanol–water partition coefficient (Wildman–Crippen LogP) is 3.77. The van der Waals surface area contributed by atoms with E-state index in [1.165, 1.54) is 10.4 Å². The fourth-order valence-corrected chi connectivity index (χ4v) is 3.25. The van der Waals surface area contributed by atoms with E-state index in [1.54, 1.807) is 11.3 Å². The highest BCUT2D eigenvalue weighted by Gasteiger charge is 2.21. The Morgan fingerprint density at radius 3 is 3.00 bits per heavy atom. The van der Waals surface area contributed by atoms with Crippen LogP contribution < -0.4 is 10.5 Å². The molecule has 0 atom stereocenters. The number of hydrogen-bond donors (Lipinski definition) is 1. The monoisotopic (exact) mass is 257 g/mol. The summed E-state index contributed by atoms with van der Waals surface area (Å²) < 4.78 is 5.88. The van der Waals surface area contributed by atoms with Crippen molar-refractivity contribution >= 4 is 16.9 Å². The third kappa shape index (κ3) is 1.71. The highest BCUT2D eigenvalue weighted by Crippen LogP contribution is 2.40. The van der Waals surface area contributed by atoms with Gasteiger partial charge in [-0.2, -0.15) is 0 Å². The van der Waals surface area contributed by atoms with Crippen molar-refractivity contribution in [3.05, 3.63) is 57.4 Å². The van der Waals surface area contributed by atoms with Gasteiger partial charge in [0.2, 0.25) is 0 Å². The topological polar surface area (TPSA) is 35.2 Å². The maximum Gasteiger partial charge on any atom is 0.127 e. The second-order valence-corrected chi connectivity index (χ2v) is 5.23. The molecule has 0 saturated heterocycles. The molecule has 0 aliphatic carbocycles. The molecule has 0 unspecified atom stereocenters. The molecule has 3 heteroatoms. The molecule has 1 aliphatic heterocycles. The van der Waals surface area contributed by atoms with Gasteiger partial charge in [0.05, 0.1) is 0 Å². The van der Waals surface area contributed by atoms with Crippen LogP contribution in [0.2, 0.25) is 0 Å². The highest BCUT2D eigenvalue weighted by molar-refractivity contribution is 7.11. The smallest absolute Gasteiger partial charge is 0.127 e. The summed E-state index contributed by atoms with van der Waals surface area (Å²) in [5.41, 5.74) is 10.6. The van der Waals surface area contributed by atoms with E-state index in [4.69, 9.17) is 10.5 Å². The van der Waals surface area contributed by atoms with Gasteiger partial charge in [0.1, 0.15) is 12.4 Å². The Labute approximate surface area is 111 Å². The van der Waals surface area contributed by atoms with Crippen LogP contribution in [0.1, 0.15) is 29.3 Å². The van der Waals surface area contributed by atoms with Gasteiger partial charge < -0.3 is 10.5 Å².